The molecule has 3 aromatic rings. The summed E-state index contributed by atoms with van der Waals surface area (Å²) in [6.45, 7) is 3.26. The van der Waals surface area contributed by atoms with Crippen LogP contribution >= 0.6 is 22.9 Å². The number of aryl methyl sites for hydroxylation is 1. The van der Waals surface area contributed by atoms with Crippen LogP contribution in [-0.2, 0) is 21.4 Å². The minimum atomic E-state index is -4.08. The Bertz CT molecular complexity index is 1230. The first-order valence-electron chi connectivity index (χ1n) is 9.61. The van der Waals surface area contributed by atoms with Gasteiger partial charge in [-0.1, -0.05) is 11.6 Å². The largest absolute Gasteiger partial charge is 0.341 e. The van der Waals surface area contributed by atoms with E-state index in [-0.39, 0.29) is 28.1 Å². The molecule has 1 fully saturated rings. The molecular weight excluding hydrogens is 463 g/mol. The number of anilines is 1. The maximum absolute atomic E-state index is 13.6. The van der Waals surface area contributed by atoms with Crippen LogP contribution in [0.1, 0.15) is 18.5 Å². The van der Waals surface area contributed by atoms with Crippen molar-refractivity contribution in [3.63, 3.8) is 0 Å². The van der Waals surface area contributed by atoms with E-state index in [1.54, 1.807) is 9.47 Å². The molecule has 2 aromatic heterocycles. The van der Waals surface area contributed by atoms with Gasteiger partial charge in [-0.25, -0.2) is 17.8 Å². The molecular formula is C20H20ClFN4O3S2. The Labute approximate surface area is 188 Å². The number of amides is 1. The third-order valence-electron chi connectivity index (χ3n) is 4.96. The van der Waals surface area contributed by atoms with Crippen molar-refractivity contribution < 1.29 is 17.6 Å². The molecule has 1 aliphatic rings. The van der Waals surface area contributed by atoms with E-state index in [2.05, 4.69) is 9.71 Å². The fraction of sp³-hybridized carbons (Fsp3) is 0.300. The van der Waals surface area contributed by atoms with E-state index in [0.717, 1.165) is 30.7 Å². The van der Waals surface area contributed by atoms with Crippen LogP contribution in [0.25, 0.3) is 10.7 Å². The summed E-state index contributed by atoms with van der Waals surface area (Å²) in [4.78, 5) is 18.8. The SMILES string of the molecule is Cc1csc(-c2cc(S(=O)(=O)Nc3cc(F)ccc3Cl)cn2CC(=O)N2CCCC2)n1. The van der Waals surface area contributed by atoms with Crippen LogP contribution in [0.4, 0.5) is 10.1 Å². The standard InChI is InChI=1S/C20H20ClFN4O3S2/c1-13-12-30-20(23-13)18-9-15(10-26(18)11-19(27)25-6-2-3-7-25)31(28,29)24-17-8-14(22)4-5-16(17)21/h4-5,8-10,12,24H,2-3,6-7,11H2,1H3. The summed E-state index contributed by atoms with van der Waals surface area (Å²) in [6, 6.07) is 4.89. The van der Waals surface area contributed by atoms with Crippen LogP contribution < -0.4 is 4.72 Å². The molecule has 0 aliphatic carbocycles. The smallest absolute Gasteiger partial charge is 0.263 e. The lowest BCUT2D eigenvalue weighted by molar-refractivity contribution is -0.130. The van der Waals surface area contributed by atoms with Crippen LogP contribution in [0.15, 0.2) is 40.7 Å². The molecule has 1 aliphatic heterocycles. The Balaban J connectivity index is 1.69. The van der Waals surface area contributed by atoms with Gasteiger partial charge in [0.05, 0.1) is 16.4 Å². The van der Waals surface area contributed by atoms with Crippen molar-refractivity contribution in [2.24, 2.45) is 0 Å². The third-order valence-corrected chi connectivity index (χ3v) is 7.60. The maximum Gasteiger partial charge on any atom is 0.263 e. The van der Waals surface area contributed by atoms with Gasteiger partial charge >= 0.3 is 0 Å². The van der Waals surface area contributed by atoms with E-state index in [1.807, 2.05) is 12.3 Å². The molecule has 1 N–H and O–H groups in total. The van der Waals surface area contributed by atoms with Crippen molar-refractivity contribution >= 4 is 44.6 Å². The Morgan fingerprint density at radius 3 is 2.71 bits per heavy atom. The third kappa shape index (κ3) is 4.76. The number of thiazole rings is 1. The number of carbonyl (C=O) groups excluding carboxylic acids is 1. The van der Waals surface area contributed by atoms with Gasteiger partial charge in [0.1, 0.15) is 22.3 Å². The number of likely N-dealkylation sites (tertiary alicyclic amines) is 1. The highest BCUT2D eigenvalue weighted by atomic mass is 35.5. The minimum absolute atomic E-state index is 0.00417. The highest BCUT2D eigenvalue weighted by Crippen LogP contribution is 2.30. The van der Waals surface area contributed by atoms with E-state index in [0.29, 0.717) is 23.8 Å². The van der Waals surface area contributed by atoms with Crippen molar-refractivity contribution in [3.8, 4) is 10.7 Å². The average molecular weight is 483 g/mol. The molecule has 11 heteroatoms. The van der Waals surface area contributed by atoms with Gasteiger partial charge in [0, 0.05) is 30.4 Å². The number of nitrogens with one attached hydrogen (secondary N) is 1. The van der Waals surface area contributed by atoms with Crippen LogP contribution in [0.3, 0.4) is 0 Å². The topological polar surface area (TPSA) is 84.3 Å². The number of rotatable bonds is 6. The second kappa shape index (κ2) is 8.60. The summed E-state index contributed by atoms with van der Waals surface area (Å²) in [7, 11) is -4.08. The van der Waals surface area contributed by atoms with Gasteiger partial charge in [-0.2, -0.15) is 0 Å². The Kier molecular flexibility index (Phi) is 6.05. The molecule has 0 unspecified atom stereocenters. The number of halogens is 2. The van der Waals surface area contributed by atoms with Crippen molar-refractivity contribution in [1.82, 2.24) is 14.5 Å². The predicted molar refractivity (Wildman–Crippen MR) is 118 cm³/mol. The highest BCUT2D eigenvalue weighted by molar-refractivity contribution is 7.92. The molecule has 7 nitrogen and oxygen atoms in total. The van der Waals surface area contributed by atoms with Gasteiger partial charge in [0.15, 0.2) is 0 Å². The first-order chi connectivity index (χ1) is 14.7. The van der Waals surface area contributed by atoms with E-state index in [1.165, 1.54) is 29.7 Å². The van der Waals surface area contributed by atoms with Crippen LogP contribution in [-0.4, -0.2) is 41.9 Å². The minimum Gasteiger partial charge on any atom is -0.341 e. The number of carbonyl (C=O) groups is 1. The summed E-state index contributed by atoms with van der Waals surface area (Å²) in [5.41, 5.74) is 1.26. The second-order valence-electron chi connectivity index (χ2n) is 7.30. The zero-order chi connectivity index (χ0) is 22.2. The van der Waals surface area contributed by atoms with Gasteiger partial charge in [0.2, 0.25) is 5.91 Å². The maximum atomic E-state index is 13.6. The molecule has 1 saturated heterocycles. The first-order valence-corrected chi connectivity index (χ1v) is 12.4. The number of sulfonamides is 1. The van der Waals surface area contributed by atoms with Gasteiger partial charge < -0.3 is 9.47 Å². The highest BCUT2D eigenvalue weighted by Gasteiger charge is 2.24. The van der Waals surface area contributed by atoms with Crippen LogP contribution in [0, 0.1) is 12.7 Å². The first kappa shape index (κ1) is 21.8. The van der Waals surface area contributed by atoms with Crippen molar-refractivity contribution in [2.75, 3.05) is 17.8 Å². The van der Waals surface area contributed by atoms with E-state index < -0.39 is 15.8 Å². The lowest BCUT2D eigenvalue weighted by atomic mass is 10.3. The molecule has 0 spiro atoms. The summed E-state index contributed by atoms with van der Waals surface area (Å²) in [5, 5.41) is 2.54. The van der Waals surface area contributed by atoms with Gasteiger partial charge in [0.25, 0.3) is 10.0 Å². The quantitative estimate of drug-likeness (QED) is 0.572. The van der Waals surface area contributed by atoms with Gasteiger partial charge in [-0.3, -0.25) is 9.52 Å². The molecule has 164 valence electrons. The summed E-state index contributed by atoms with van der Waals surface area (Å²) < 4.78 is 43.5. The van der Waals surface area contributed by atoms with Crippen LogP contribution in [0.2, 0.25) is 5.02 Å². The zero-order valence-electron chi connectivity index (χ0n) is 16.6. The molecule has 0 saturated carbocycles. The summed E-state index contributed by atoms with van der Waals surface area (Å²) >= 11 is 7.37. The van der Waals surface area contributed by atoms with E-state index in [4.69, 9.17) is 11.6 Å². The number of hydrogen-bond acceptors (Lipinski definition) is 5. The molecule has 4 rings (SSSR count). The number of hydrogen-bond donors (Lipinski definition) is 1. The van der Waals surface area contributed by atoms with Crippen molar-refractivity contribution in [3.05, 3.63) is 52.4 Å². The summed E-state index contributed by atoms with van der Waals surface area (Å²) in [5.74, 6) is -0.692. The molecule has 0 radical (unpaired) electrons. The van der Waals surface area contributed by atoms with Crippen molar-refractivity contribution in [1.29, 1.82) is 0 Å². The zero-order valence-corrected chi connectivity index (χ0v) is 19.0. The normalized spacial score (nSPS) is 14.2. The van der Waals surface area contributed by atoms with Gasteiger partial charge in [-0.15, -0.1) is 11.3 Å². The molecule has 0 bridgehead atoms. The summed E-state index contributed by atoms with van der Waals surface area (Å²) in [6.07, 6.45) is 3.33. The molecule has 1 amide bonds. The molecule has 3 heterocycles. The Hall–Kier alpha value is -2.43. The number of nitrogens with zero attached hydrogens (tertiary/aromatic N) is 3. The molecule has 1 aromatic carbocycles. The fourth-order valence-corrected chi connectivity index (χ4v) is 5.56. The molecule has 0 atom stereocenters. The second-order valence-corrected chi connectivity index (χ2v) is 10.2. The van der Waals surface area contributed by atoms with Crippen LogP contribution in [0.5, 0.6) is 0 Å². The Morgan fingerprint density at radius 1 is 1.29 bits per heavy atom. The number of aromatic nitrogens is 2. The molecule has 31 heavy (non-hydrogen) atoms. The lowest BCUT2D eigenvalue weighted by Crippen LogP contribution is -2.31. The number of benzene rings is 1. The van der Waals surface area contributed by atoms with E-state index >= 15 is 0 Å². The Morgan fingerprint density at radius 2 is 2.03 bits per heavy atom. The monoisotopic (exact) mass is 482 g/mol. The fourth-order valence-electron chi connectivity index (χ4n) is 3.40. The lowest BCUT2D eigenvalue weighted by Gasteiger charge is -2.16. The predicted octanol–water partition coefficient (Wildman–Crippen LogP) is 4.14. The average Bonchev–Trinajstić information content (AvgIpc) is 3.45. The van der Waals surface area contributed by atoms with Crippen molar-refractivity contribution in [2.45, 2.75) is 31.2 Å². The van der Waals surface area contributed by atoms with E-state index in [9.17, 15) is 17.6 Å². The van der Waals surface area contributed by atoms with Gasteiger partial charge in [-0.05, 0) is 44.0 Å².